The lowest BCUT2D eigenvalue weighted by Gasteiger charge is -2.10. The van der Waals surface area contributed by atoms with E-state index in [4.69, 9.17) is 4.74 Å². The van der Waals surface area contributed by atoms with Crippen LogP contribution in [0.15, 0.2) is 4.99 Å². The minimum absolute atomic E-state index is 0.172. The average molecular weight is 249 g/mol. The number of aromatic nitrogens is 2. The maximum Gasteiger partial charge on any atom is 0.343 e. The molecule has 6 nitrogen and oxygen atoms in total. The van der Waals surface area contributed by atoms with Crippen molar-refractivity contribution in [3.8, 4) is 5.88 Å². The van der Waals surface area contributed by atoms with Crippen LogP contribution in [0.5, 0.6) is 5.88 Å². The third-order valence-corrected chi connectivity index (χ3v) is 2.74. The smallest absolute Gasteiger partial charge is 0.343 e. The zero-order chi connectivity index (χ0) is 13.1. The van der Waals surface area contributed by atoms with E-state index in [1.54, 1.807) is 6.92 Å². The molecule has 0 unspecified atom stereocenters. The van der Waals surface area contributed by atoms with Crippen molar-refractivity contribution in [2.45, 2.75) is 25.7 Å². The SMILES string of the molecule is C=Nc1nc(C2CC2)nc(OCC(=O)OC)c1C. The summed E-state index contributed by atoms with van der Waals surface area (Å²) >= 11 is 0. The number of hydrogen-bond donors (Lipinski definition) is 0. The zero-order valence-corrected chi connectivity index (χ0v) is 10.5. The number of ether oxygens (including phenoxy) is 2. The number of nitrogens with zero attached hydrogens (tertiary/aromatic N) is 3. The molecule has 6 heteroatoms. The van der Waals surface area contributed by atoms with E-state index in [-0.39, 0.29) is 6.61 Å². The molecule has 2 rings (SSSR count). The molecule has 1 fully saturated rings. The van der Waals surface area contributed by atoms with Gasteiger partial charge >= 0.3 is 5.97 Å². The van der Waals surface area contributed by atoms with Gasteiger partial charge in [0.2, 0.25) is 5.88 Å². The Bertz CT molecular complexity index is 484. The molecule has 0 atom stereocenters. The molecule has 0 aliphatic heterocycles. The second-order valence-corrected chi connectivity index (χ2v) is 4.13. The first-order chi connectivity index (χ1) is 8.65. The van der Waals surface area contributed by atoms with Crippen molar-refractivity contribution < 1.29 is 14.3 Å². The second kappa shape index (κ2) is 5.12. The minimum Gasteiger partial charge on any atom is -0.466 e. The van der Waals surface area contributed by atoms with Crippen LogP contribution in [0.25, 0.3) is 0 Å². The third kappa shape index (κ3) is 2.64. The number of hydrogen-bond acceptors (Lipinski definition) is 6. The van der Waals surface area contributed by atoms with E-state index < -0.39 is 5.97 Å². The van der Waals surface area contributed by atoms with Crippen LogP contribution in [0.1, 0.15) is 30.1 Å². The first kappa shape index (κ1) is 12.5. The Balaban J connectivity index is 2.23. The minimum atomic E-state index is -0.450. The van der Waals surface area contributed by atoms with Gasteiger partial charge in [-0.1, -0.05) is 0 Å². The molecule has 96 valence electrons. The second-order valence-electron chi connectivity index (χ2n) is 4.13. The Morgan fingerprint density at radius 3 is 2.78 bits per heavy atom. The molecule has 0 spiro atoms. The first-order valence-electron chi connectivity index (χ1n) is 5.70. The normalized spacial score (nSPS) is 14.1. The standard InChI is InChI=1S/C12H15N3O3/c1-7-10(13-2)14-11(8-4-5-8)15-12(7)18-6-9(16)17-3/h8H,2,4-6H2,1,3H3. The van der Waals surface area contributed by atoms with Gasteiger partial charge in [0, 0.05) is 5.92 Å². The molecule has 18 heavy (non-hydrogen) atoms. The first-order valence-corrected chi connectivity index (χ1v) is 5.70. The highest BCUT2D eigenvalue weighted by Gasteiger charge is 2.28. The van der Waals surface area contributed by atoms with Crippen LogP contribution in [0.2, 0.25) is 0 Å². The molecule has 0 saturated heterocycles. The van der Waals surface area contributed by atoms with Crippen molar-refractivity contribution >= 4 is 18.5 Å². The van der Waals surface area contributed by atoms with Crippen LogP contribution in [-0.4, -0.2) is 36.4 Å². The van der Waals surface area contributed by atoms with E-state index >= 15 is 0 Å². The van der Waals surface area contributed by atoms with Gasteiger partial charge in [-0.25, -0.2) is 14.8 Å². The van der Waals surface area contributed by atoms with Crippen molar-refractivity contribution in [2.75, 3.05) is 13.7 Å². The van der Waals surface area contributed by atoms with Gasteiger partial charge in [0.05, 0.1) is 12.7 Å². The van der Waals surface area contributed by atoms with E-state index in [0.29, 0.717) is 29.0 Å². The highest BCUT2D eigenvalue weighted by atomic mass is 16.6. The maximum absolute atomic E-state index is 11.1. The fourth-order valence-electron chi connectivity index (χ4n) is 1.51. The summed E-state index contributed by atoms with van der Waals surface area (Å²) in [5.74, 6) is 1.52. The van der Waals surface area contributed by atoms with Gasteiger partial charge in [0.1, 0.15) is 5.82 Å². The summed E-state index contributed by atoms with van der Waals surface area (Å²) in [4.78, 5) is 23.6. The molecule has 0 aromatic carbocycles. The van der Waals surface area contributed by atoms with E-state index in [1.807, 2.05) is 0 Å². The van der Waals surface area contributed by atoms with E-state index in [0.717, 1.165) is 12.8 Å². The van der Waals surface area contributed by atoms with Crippen LogP contribution in [0.3, 0.4) is 0 Å². The molecule has 1 aliphatic rings. The summed E-state index contributed by atoms with van der Waals surface area (Å²) in [6.07, 6.45) is 2.16. The Morgan fingerprint density at radius 1 is 1.50 bits per heavy atom. The summed E-state index contributed by atoms with van der Waals surface area (Å²) in [7, 11) is 1.31. The quantitative estimate of drug-likeness (QED) is 0.584. The topological polar surface area (TPSA) is 73.7 Å². The lowest BCUT2D eigenvalue weighted by Crippen LogP contribution is -2.14. The van der Waals surface area contributed by atoms with E-state index in [2.05, 4.69) is 26.4 Å². The van der Waals surface area contributed by atoms with Crippen LogP contribution in [0.4, 0.5) is 5.82 Å². The number of carbonyl (C=O) groups is 1. The summed E-state index contributed by atoms with van der Waals surface area (Å²) in [6.45, 7) is 5.09. The predicted molar refractivity (Wildman–Crippen MR) is 65.5 cm³/mol. The molecular weight excluding hydrogens is 234 g/mol. The summed E-state index contributed by atoms with van der Waals surface area (Å²) in [5.41, 5.74) is 0.679. The van der Waals surface area contributed by atoms with Gasteiger partial charge in [0.25, 0.3) is 0 Å². The third-order valence-electron chi connectivity index (χ3n) is 2.74. The molecule has 1 aliphatic carbocycles. The molecule has 0 amide bonds. The Morgan fingerprint density at radius 2 is 2.22 bits per heavy atom. The lowest BCUT2D eigenvalue weighted by atomic mass is 10.3. The van der Waals surface area contributed by atoms with Gasteiger partial charge in [-0.3, -0.25) is 0 Å². The predicted octanol–water partition coefficient (Wildman–Crippen LogP) is 1.55. The van der Waals surface area contributed by atoms with Crippen molar-refractivity contribution in [3.05, 3.63) is 11.4 Å². The van der Waals surface area contributed by atoms with Crippen LogP contribution < -0.4 is 4.74 Å². The largest absolute Gasteiger partial charge is 0.466 e. The molecule has 1 aromatic heterocycles. The van der Waals surface area contributed by atoms with Crippen molar-refractivity contribution in [3.63, 3.8) is 0 Å². The van der Waals surface area contributed by atoms with Gasteiger partial charge in [-0.15, -0.1) is 0 Å². The number of carbonyl (C=O) groups excluding carboxylic acids is 1. The monoisotopic (exact) mass is 249 g/mol. The number of rotatable bonds is 5. The van der Waals surface area contributed by atoms with E-state index in [9.17, 15) is 4.79 Å². The fourth-order valence-corrected chi connectivity index (χ4v) is 1.51. The van der Waals surface area contributed by atoms with Gasteiger partial charge in [-0.05, 0) is 26.5 Å². The summed E-state index contributed by atoms with van der Waals surface area (Å²) in [6, 6.07) is 0. The van der Waals surface area contributed by atoms with Crippen LogP contribution >= 0.6 is 0 Å². The Kier molecular flexibility index (Phi) is 3.55. The Hall–Kier alpha value is -1.98. The van der Waals surface area contributed by atoms with Crippen molar-refractivity contribution in [1.82, 2.24) is 9.97 Å². The lowest BCUT2D eigenvalue weighted by molar-refractivity contribution is -0.143. The molecular formula is C12H15N3O3. The van der Waals surface area contributed by atoms with Crippen LogP contribution in [-0.2, 0) is 9.53 Å². The number of esters is 1. The molecule has 0 bridgehead atoms. The van der Waals surface area contributed by atoms with Crippen molar-refractivity contribution in [2.24, 2.45) is 4.99 Å². The summed E-state index contributed by atoms with van der Waals surface area (Å²) in [5, 5.41) is 0. The highest BCUT2D eigenvalue weighted by Crippen LogP contribution is 2.40. The molecule has 1 aromatic rings. The molecule has 0 N–H and O–H groups in total. The fraction of sp³-hybridized carbons (Fsp3) is 0.500. The van der Waals surface area contributed by atoms with Crippen LogP contribution in [0, 0.1) is 6.92 Å². The molecule has 0 radical (unpaired) electrons. The zero-order valence-electron chi connectivity index (χ0n) is 10.5. The van der Waals surface area contributed by atoms with Gasteiger partial charge in [-0.2, -0.15) is 4.98 Å². The van der Waals surface area contributed by atoms with Gasteiger partial charge < -0.3 is 9.47 Å². The molecule has 1 heterocycles. The Labute approximate surface area is 105 Å². The van der Waals surface area contributed by atoms with Crippen molar-refractivity contribution in [1.29, 1.82) is 0 Å². The number of aliphatic imine (C=N–C) groups is 1. The van der Waals surface area contributed by atoms with Gasteiger partial charge in [0.15, 0.2) is 12.4 Å². The average Bonchev–Trinajstić information content (AvgIpc) is 3.21. The highest BCUT2D eigenvalue weighted by molar-refractivity contribution is 5.70. The van der Waals surface area contributed by atoms with E-state index in [1.165, 1.54) is 7.11 Å². The maximum atomic E-state index is 11.1. The molecule has 1 saturated carbocycles. The summed E-state index contributed by atoms with van der Waals surface area (Å²) < 4.78 is 9.85. The number of methoxy groups -OCH3 is 1.